The van der Waals surface area contributed by atoms with Gasteiger partial charge in [0.05, 0.1) is 17.7 Å². The van der Waals surface area contributed by atoms with Crippen molar-refractivity contribution in [1.29, 1.82) is 0 Å². The molecule has 4 nitrogen and oxygen atoms in total. The summed E-state index contributed by atoms with van der Waals surface area (Å²) in [5.74, 6) is 1.53. The first-order valence-electron chi connectivity index (χ1n) is 10.4. The standard InChI is InChI=1S/C23H28N2O2/c1-2-15-14-25-11-9-16(15)12-22(25)23(26)19-8-10-24-21-7-6-18(13-20(19)21)27-17-4-3-5-17/h2,6-8,10,13,16-17,22-23,26H,3-5,9,11-12,14H2,1H3/b15-2+/t16-,22-,23+/m0/s1. The fourth-order valence-electron chi connectivity index (χ4n) is 4.96. The van der Waals surface area contributed by atoms with E-state index in [-0.39, 0.29) is 6.04 Å². The molecule has 1 aromatic heterocycles. The summed E-state index contributed by atoms with van der Waals surface area (Å²) in [5, 5.41) is 12.3. The van der Waals surface area contributed by atoms with Crippen molar-refractivity contribution in [2.45, 2.75) is 57.3 Å². The van der Waals surface area contributed by atoms with E-state index in [2.05, 4.69) is 29.0 Å². The van der Waals surface area contributed by atoms with Gasteiger partial charge >= 0.3 is 0 Å². The predicted molar refractivity (Wildman–Crippen MR) is 107 cm³/mol. The van der Waals surface area contributed by atoms with Crippen LogP contribution in [0.2, 0.25) is 0 Å². The Kier molecular flexibility index (Phi) is 4.41. The number of aromatic nitrogens is 1. The molecule has 4 fully saturated rings. The van der Waals surface area contributed by atoms with Gasteiger partial charge in [-0.15, -0.1) is 0 Å². The van der Waals surface area contributed by atoms with Gasteiger partial charge in [-0.05, 0) is 81.3 Å². The third-order valence-electron chi connectivity index (χ3n) is 6.83. The fourth-order valence-corrected chi connectivity index (χ4v) is 4.96. The lowest BCUT2D eigenvalue weighted by molar-refractivity contribution is -0.00340. The molecule has 3 saturated heterocycles. The molecule has 27 heavy (non-hydrogen) atoms. The normalized spacial score (nSPS) is 30.4. The molecular formula is C23H28N2O2. The number of fused-ring (bicyclic) bond motifs is 4. The van der Waals surface area contributed by atoms with Crippen LogP contribution in [0.3, 0.4) is 0 Å². The Morgan fingerprint density at radius 3 is 2.85 bits per heavy atom. The van der Waals surface area contributed by atoms with Crippen molar-refractivity contribution < 1.29 is 9.84 Å². The molecular weight excluding hydrogens is 336 g/mol. The first kappa shape index (κ1) is 17.2. The van der Waals surface area contributed by atoms with E-state index in [4.69, 9.17) is 4.74 Å². The summed E-state index contributed by atoms with van der Waals surface area (Å²) in [4.78, 5) is 6.97. The maximum atomic E-state index is 11.3. The molecule has 1 aliphatic carbocycles. The van der Waals surface area contributed by atoms with Gasteiger partial charge in [0.15, 0.2) is 0 Å². The number of allylic oxidation sites excluding steroid dienone is 1. The minimum Gasteiger partial charge on any atom is -0.490 e. The third-order valence-corrected chi connectivity index (χ3v) is 6.83. The molecule has 4 heteroatoms. The van der Waals surface area contributed by atoms with Gasteiger partial charge in [0.2, 0.25) is 0 Å². The second-order valence-electron chi connectivity index (χ2n) is 8.32. The van der Waals surface area contributed by atoms with Gasteiger partial charge < -0.3 is 9.84 Å². The maximum Gasteiger partial charge on any atom is 0.120 e. The second kappa shape index (κ2) is 6.92. The van der Waals surface area contributed by atoms with Crippen LogP contribution in [0, 0.1) is 5.92 Å². The number of ether oxygens (including phenoxy) is 1. The van der Waals surface area contributed by atoms with E-state index in [9.17, 15) is 5.11 Å². The molecule has 4 aliphatic rings. The van der Waals surface area contributed by atoms with E-state index in [1.807, 2.05) is 24.4 Å². The van der Waals surface area contributed by atoms with Crippen LogP contribution in [0.4, 0.5) is 0 Å². The van der Waals surface area contributed by atoms with E-state index in [1.54, 1.807) is 5.57 Å². The van der Waals surface area contributed by atoms with Crippen LogP contribution in [0.5, 0.6) is 5.75 Å². The smallest absolute Gasteiger partial charge is 0.120 e. The molecule has 142 valence electrons. The Morgan fingerprint density at radius 2 is 2.15 bits per heavy atom. The van der Waals surface area contributed by atoms with E-state index in [1.165, 1.54) is 12.8 Å². The van der Waals surface area contributed by atoms with Crippen LogP contribution < -0.4 is 4.74 Å². The van der Waals surface area contributed by atoms with Gasteiger partial charge in [-0.3, -0.25) is 9.88 Å². The largest absolute Gasteiger partial charge is 0.490 e. The van der Waals surface area contributed by atoms with Gasteiger partial charge in [-0.2, -0.15) is 0 Å². The molecule has 0 radical (unpaired) electrons. The lowest BCUT2D eigenvalue weighted by atomic mass is 9.76. The molecule has 1 aromatic carbocycles. The van der Waals surface area contributed by atoms with Crippen molar-refractivity contribution in [3.05, 3.63) is 47.7 Å². The predicted octanol–water partition coefficient (Wildman–Crippen LogP) is 4.24. The minimum atomic E-state index is -0.490. The summed E-state index contributed by atoms with van der Waals surface area (Å²) in [5.41, 5.74) is 3.46. The van der Waals surface area contributed by atoms with Gasteiger partial charge in [0.1, 0.15) is 5.75 Å². The minimum absolute atomic E-state index is 0.189. The van der Waals surface area contributed by atoms with Gasteiger partial charge in [0, 0.05) is 24.2 Å². The van der Waals surface area contributed by atoms with Crippen LogP contribution >= 0.6 is 0 Å². The highest BCUT2D eigenvalue weighted by molar-refractivity contribution is 5.84. The summed E-state index contributed by atoms with van der Waals surface area (Å²) in [7, 11) is 0. The summed E-state index contributed by atoms with van der Waals surface area (Å²) in [6.07, 6.45) is 9.77. The number of piperidine rings is 3. The summed E-state index contributed by atoms with van der Waals surface area (Å²) < 4.78 is 6.09. The van der Waals surface area contributed by atoms with Crippen molar-refractivity contribution in [3.63, 3.8) is 0 Å². The molecule has 0 spiro atoms. The molecule has 6 rings (SSSR count). The third kappa shape index (κ3) is 3.05. The number of hydrogen-bond donors (Lipinski definition) is 1. The van der Waals surface area contributed by atoms with E-state index in [0.29, 0.717) is 12.0 Å². The molecule has 2 aromatic rings. The Bertz CT molecular complexity index is 874. The number of nitrogens with zero attached hydrogens (tertiary/aromatic N) is 2. The number of rotatable bonds is 4. The molecule has 4 atom stereocenters. The van der Waals surface area contributed by atoms with Gasteiger partial charge in [-0.1, -0.05) is 11.6 Å². The molecule has 1 unspecified atom stereocenters. The zero-order valence-electron chi connectivity index (χ0n) is 16.0. The van der Waals surface area contributed by atoms with Crippen molar-refractivity contribution in [3.8, 4) is 5.75 Å². The Labute approximate surface area is 160 Å². The molecule has 1 N–H and O–H groups in total. The number of benzene rings is 1. The molecule has 2 bridgehead atoms. The van der Waals surface area contributed by atoms with Crippen molar-refractivity contribution in [2.24, 2.45) is 5.92 Å². The Hall–Kier alpha value is -1.91. The van der Waals surface area contributed by atoms with E-state index >= 15 is 0 Å². The number of pyridine rings is 1. The van der Waals surface area contributed by atoms with E-state index in [0.717, 1.165) is 54.6 Å². The lowest BCUT2D eigenvalue weighted by Gasteiger charge is -2.48. The van der Waals surface area contributed by atoms with Gasteiger partial charge in [0.25, 0.3) is 0 Å². The summed E-state index contributed by atoms with van der Waals surface area (Å²) >= 11 is 0. The molecule has 3 aliphatic heterocycles. The van der Waals surface area contributed by atoms with Crippen molar-refractivity contribution in [2.75, 3.05) is 13.1 Å². The Balaban J connectivity index is 1.45. The average Bonchev–Trinajstić information content (AvgIpc) is 2.69. The lowest BCUT2D eigenvalue weighted by Crippen LogP contribution is -2.52. The Morgan fingerprint density at radius 1 is 1.26 bits per heavy atom. The maximum absolute atomic E-state index is 11.3. The first-order chi connectivity index (χ1) is 13.2. The molecule has 0 amide bonds. The number of hydrogen-bond acceptors (Lipinski definition) is 4. The summed E-state index contributed by atoms with van der Waals surface area (Å²) in [6.45, 7) is 4.23. The van der Waals surface area contributed by atoms with Crippen LogP contribution in [0.25, 0.3) is 10.9 Å². The summed E-state index contributed by atoms with van der Waals surface area (Å²) in [6, 6.07) is 8.28. The SMILES string of the molecule is C/C=C1\CN2CC[C@H]1C[C@H]2[C@H](O)c1ccnc2ccc(OC3CCC3)cc12. The average molecular weight is 364 g/mol. The van der Waals surface area contributed by atoms with Crippen molar-refractivity contribution >= 4 is 10.9 Å². The monoisotopic (exact) mass is 364 g/mol. The number of aliphatic hydroxyl groups excluding tert-OH is 1. The molecule has 4 heterocycles. The highest BCUT2D eigenvalue weighted by Gasteiger charge is 2.40. The number of aliphatic hydroxyl groups is 1. The first-order valence-corrected chi connectivity index (χ1v) is 10.4. The zero-order chi connectivity index (χ0) is 18.4. The van der Waals surface area contributed by atoms with Gasteiger partial charge in [-0.25, -0.2) is 0 Å². The van der Waals surface area contributed by atoms with Crippen LogP contribution in [-0.4, -0.2) is 40.2 Å². The fraction of sp³-hybridized carbons (Fsp3) is 0.522. The topological polar surface area (TPSA) is 45.6 Å². The quantitative estimate of drug-likeness (QED) is 0.824. The van der Waals surface area contributed by atoms with Crippen LogP contribution in [0.15, 0.2) is 42.1 Å². The zero-order valence-corrected chi connectivity index (χ0v) is 16.0. The van der Waals surface area contributed by atoms with E-state index < -0.39 is 6.10 Å². The second-order valence-corrected chi connectivity index (χ2v) is 8.32. The van der Waals surface area contributed by atoms with Crippen LogP contribution in [0.1, 0.15) is 50.7 Å². The van der Waals surface area contributed by atoms with Crippen LogP contribution in [-0.2, 0) is 0 Å². The highest BCUT2D eigenvalue weighted by Crippen LogP contribution is 2.41. The van der Waals surface area contributed by atoms with Crippen molar-refractivity contribution in [1.82, 2.24) is 9.88 Å². The molecule has 1 saturated carbocycles. The highest BCUT2D eigenvalue weighted by atomic mass is 16.5.